The van der Waals surface area contributed by atoms with Gasteiger partial charge in [0.25, 0.3) is 5.91 Å². The second-order valence-corrected chi connectivity index (χ2v) is 9.45. The highest BCUT2D eigenvalue weighted by Crippen LogP contribution is 2.37. The highest BCUT2D eigenvalue weighted by Gasteiger charge is 2.30. The number of hydrogen-bond donors (Lipinski definition) is 1. The van der Waals surface area contributed by atoms with Crippen molar-refractivity contribution in [1.82, 2.24) is 10.2 Å². The molecule has 0 spiro atoms. The molecule has 0 aromatic heterocycles. The lowest BCUT2D eigenvalue weighted by Gasteiger charge is -2.30. The van der Waals surface area contributed by atoms with E-state index < -0.39 is 6.04 Å². The Morgan fingerprint density at radius 1 is 1.03 bits per heavy atom. The number of carbonyl (C=O) groups excluding carboxylic acids is 3. The minimum Gasteiger partial charge on any atom is -0.497 e. The first kappa shape index (κ1) is 25.2. The summed E-state index contributed by atoms with van der Waals surface area (Å²) in [6.07, 6.45) is 0.710. The number of nitrogens with zero attached hydrogens (tertiary/aromatic N) is 2. The van der Waals surface area contributed by atoms with Gasteiger partial charge >= 0.3 is 0 Å². The molecule has 0 unspecified atom stereocenters. The minimum absolute atomic E-state index is 0.0285. The number of carbonyl (C=O) groups is 3. The first-order valence-electron chi connectivity index (χ1n) is 12.4. The van der Waals surface area contributed by atoms with E-state index in [2.05, 4.69) is 5.32 Å². The van der Waals surface area contributed by atoms with E-state index in [1.807, 2.05) is 74.5 Å². The maximum atomic E-state index is 13.4. The van der Waals surface area contributed by atoms with Crippen LogP contribution in [0.5, 0.6) is 5.75 Å². The SMILES string of the molecule is COc1cccc(CN(C(=O)CCCN2C(=O)c3cccc4cccc2c34)[C@H](C)C(=O)NC(C)C)c1. The molecule has 1 atom stereocenters. The molecule has 0 saturated carbocycles. The van der Waals surface area contributed by atoms with Crippen molar-refractivity contribution in [2.45, 2.75) is 52.2 Å². The fourth-order valence-electron chi connectivity index (χ4n) is 4.69. The van der Waals surface area contributed by atoms with Gasteiger partial charge in [0, 0.05) is 36.5 Å². The van der Waals surface area contributed by atoms with E-state index >= 15 is 0 Å². The number of amides is 3. The zero-order chi connectivity index (χ0) is 25.8. The Morgan fingerprint density at radius 2 is 1.75 bits per heavy atom. The van der Waals surface area contributed by atoms with Crippen molar-refractivity contribution in [2.24, 2.45) is 0 Å². The molecule has 1 heterocycles. The van der Waals surface area contributed by atoms with Gasteiger partial charge in [0.2, 0.25) is 11.8 Å². The highest BCUT2D eigenvalue weighted by molar-refractivity contribution is 6.25. The second kappa shape index (κ2) is 10.8. The van der Waals surface area contributed by atoms with Gasteiger partial charge in [-0.2, -0.15) is 0 Å². The molecular weight excluding hydrogens is 454 g/mol. The summed E-state index contributed by atoms with van der Waals surface area (Å²) < 4.78 is 5.32. The number of ether oxygens (including phenoxy) is 1. The van der Waals surface area contributed by atoms with Crippen molar-refractivity contribution in [3.8, 4) is 5.75 Å². The average molecular weight is 488 g/mol. The van der Waals surface area contributed by atoms with Crippen molar-refractivity contribution in [3.05, 3.63) is 71.8 Å². The van der Waals surface area contributed by atoms with Crippen LogP contribution in [0.4, 0.5) is 5.69 Å². The lowest BCUT2D eigenvalue weighted by atomic mass is 10.1. The van der Waals surface area contributed by atoms with Gasteiger partial charge in [-0.1, -0.05) is 36.4 Å². The van der Waals surface area contributed by atoms with Crippen molar-refractivity contribution in [2.75, 3.05) is 18.6 Å². The molecule has 0 radical (unpaired) electrons. The van der Waals surface area contributed by atoms with Crippen molar-refractivity contribution in [3.63, 3.8) is 0 Å². The molecule has 0 fully saturated rings. The molecule has 188 valence electrons. The minimum atomic E-state index is -0.641. The molecule has 0 saturated heterocycles. The van der Waals surface area contributed by atoms with Crippen LogP contribution in [-0.2, 0) is 16.1 Å². The lowest BCUT2D eigenvalue weighted by molar-refractivity contribution is -0.140. The Hall–Kier alpha value is -3.87. The summed E-state index contributed by atoms with van der Waals surface area (Å²) in [5.74, 6) is 0.331. The van der Waals surface area contributed by atoms with Gasteiger partial charge in [-0.15, -0.1) is 0 Å². The quantitative estimate of drug-likeness (QED) is 0.456. The van der Waals surface area contributed by atoms with Crippen LogP contribution in [0.2, 0.25) is 0 Å². The molecule has 1 aliphatic rings. The number of benzene rings is 3. The number of methoxy groups -OCH3 is 1. The summed E-state index contributed by atoms with van der Waals surface area (Å²) in [7, 11) is 1.60. The number of anilines is 1. The van der Waals surface area contributed by atoms with Gasteiger partial charge in [-0.05, 0) is 62.4 Å². The van der Waals surface area contributed by atoms with Crippen molar-refractivity contribution >= 4 is 34.2 Å². The van der Waals surface area contributed by atoms with Gasteiger partial charge in [0.05, 0.1) is 12.8 Å². The third kappa shape index (κ3) is 5.20. The predicted molar refractivity (Wildman–Crippen MR) is 141 cm³/mol. The van der Waals surface area contributed by atoms with Crippen molar-refractivity contribution < 1.29 is 19.1 Å². The van der Waals surface area contributed by atoms with Gasteiger partial charge in [-0.3, -0.25) is 14.4 Å². The normalized spacial score (nSPS) is 13.2. The molecule has 36 heavy (non-hydrogen) atoms. The van der Waals surface area contributed by atoms with Gasteiger partial charge in [0.1, 0.15) is 11.8 Å². The Bertz CT molecular complexity index is 1280. The Kier molecular flexibility index (Phi) is 7.58. The molecule has 1 aliphatic heterocycles. The maximum Gasteiger partial charge on any atom is 0.258 e. The first-order valence-corrected chi connectivity index (χ1v) is 12.4. The number of nitrogens with one attached hydrogen (secondary N) is 1. The first-order chi connectivity index (χ1) is 17.3. The highest BCUT2D eigenvalue weighted by atomic mass is 16.5. The zero-order valence-electron chi connectivity index (χ0n) is 21.3. The molecule has 0 bridgehead atoms. The van der Waals surface area contributed by atoms with Crippen LogP contribution in [0.1, 0.15) is 49.5 Å². The van der Waals surface area contributed by atoms with Crippen LogP contribution >= 0.6 is 0 Å². The van der Waals surface area contributed by atoms with Crippen LogP contribution in [-0.4, -0.2) is 48.4 Å². The van der Waals surface area contributed by atoms with Gasteiger partial charge < -0.3 is 19.9 Å². The van der Waals surface area contributed by atoms with E-state index in [4.69, 9.17) is 4.74 Å². The largest absolute Gasteiger partial charge is 0.497 e. The number of hydrogen-bond acceptors (Lipinski definition) is 4. The Balaban J connectivity index is 1.47. The van der Waals surface area contributed by atoms with E-state index in [1.54, 1.807) is 23.8 Å². The molecule has 3 aromatic rings. The number of rotatable bonds is 10. The standard InChI is InChI=1S/C29H33N3O4/c1-19(2)30-28(34)20(3)32(18-21-9-5-12-23(17-21)36-4)26(33)15-8-16-31-25-14-7-11-22-10-6-13-24(27(22)25)29(31)35/h5-7,9-14,17,19-20H,8,15-16,18H2,1-4H3,(H,30,34)/t20-/m1/s1. The summed E-state index contributed by atoms with van der Waals surface area (Å²) in [6, 6.07) is 18.5. The van der Waals surface area contributed by atoms with Crippen molar-refractivity contribution in [1.29, 1.82) is 0 Å². The summed E-state index contributed by atoms with van der Waals surface area (Å²) in [5, 5.41) is 4.91. The summed E-state index contributed by atoms with van der Waals surface area (Å²) in [4.78, 5) is 42.6. The molecule has 7 heteroatoms. The Labute approximate surface area is 212 Å². The molecule has 3 amide bonds. The molecule has 0 aliphatic carbocycles. The monoisotopic (exact) mass is 487 g/mol. The molecule has 4 rings (SSSR count). The second-order valence-electron chi connectivity index (χ2n) is 9.45. The summed E-state index contributed by atoms with van der Waals surface area (Å²) in [5.41, 5.74) is 2.47. The van der Waals surface area contributed by atoms with E-state index in [1.165, 1.54) is 0 Å². The van der Waals surface area contributed by atoms with Crippen LogP contribution in [0, 0.1) is 0 Å². The van der Waals surface area contributed by atoms with E-state index in [0.717, 1.165) is 22.0 Å². The molecule has 7 nitrogen and oxygen atoms in total. The third-order valence-electron chi connectivity index (χ3n) is 6.51. The van der Waals surface area contributed by atoms with Gasteiger partial charge in [0.15, 0.2) is 0 Å². The van der Waals surface area contributed by atoms with E-state index in [-0.39, 0.29) is 36.7 Å². The maximum absolute atomic E-state index is 13.4. The predicted octanol–water partition coefficient (Wildman–Crippen LogP) is 4.53. The van der Waals surface area contributed by atoms with E-state index in [0.29, 0.717) is 24.3 Å². The molecular formula is C29H33N3O4. The van der Waals surface area contributed by atoms with E-state index in [9.17, 15) is 14.4 Å². The van der Waals surface area contributed by atoms with Crippen LogP contribution in [0.15, 0.2) is 60.7 Å². The summed E-state index contributed by atoms with van der Waals surface area (Å²) >= 11 is 0. The lowest BCUT2D eigenvalue weighted by Crippen LogP contribution is -2.49. The zero-order valence-corrected chi connectivity index (χ0v) is 21.3. The third-order valence-corrected chi connectivity index (χ3v) is 6.51. The topological polar surface area (TPSA) is 79.0 Å². The van der Waals surface area contributed by atoms with Crippen LogP contribution < -0.4 is 15.0 Å². The molecule has 1 N–H and O–H groups in total. The van der Waals surface area contributed by atoms with Crippen LogP contribution in [0.3, 0.4) is 0 Å². The van der Waals surface area contributed by atoms with Gasteiger partial charge in [-0.25, -0.2) is 0 Å². The summed E-state index contributed by atoms with van der Waals surface area (Å²) in [6.45, 7) is 6.25. The average Bonchev–Trinajstić information content (AvgIpc) is 3.14. The smallest absolute Gasteiger partial charge is 0.258 e. The fourth-order valence-corrected chi connectivity index (χ4v) is 4.69. The van der Waals surface area contributed by atoms with Crippen LogP contribution in [0.25, 0.3) is 10.8 Å². The Morgan fingerprint density at radius 3 is 2.47 bits per heavy atom. The molecule has 3 aromatic carbocycles. The fraction of sp³-hybridized carbons (Fsp3) is 0.345.